The minimum absolute atomic E-state index is 0.0222. The number of guanidine groups is 1. The summed E-state index contributed by atoms with van der Waals surface area (Å²) in [5.41, 5.74) is 2.88. The number of carbonyl (C=O) groups excluding carboxylic acids is 1. The Morgan fingerprint density at radius 3 is 2.41 bits per heavy atom. The number of carboxylic acid groups (broad SMARTS) is 1. The Bertz CT molecular complexity index is 895. The van der Waals surface area contributed by atoms with Gasteiger partial charge in [-0.1, -0.05) is 43.2 Å². The van der Waals surface area contributed by atoms with Crippen molar-refractivity contribution in [1.82, 2.24) is 10.6 Å². The molecule has 0 aliphatic heterocycles. The number of carboxylic acids is 1. The van der Waals surface area contributed by atoms with Crippen molar-refractivity contribution >= 4 is 23.6 Å². The third-order valence-corrected chi connectivity index (χ3v) is 4.55. The van der Waals surface area contributed by atoms with Crippen molar-refractivity contribution in [3.63, 3.8) is 0 Å². The number of urea groups is 1. The molecule has 4 N–H and O–H groups in total. The van der Waals surface area contributed by atoms with E-state index in [0.717, 1.165) is 35.4 Å². The van der Waals surface area contributed by atoms with E-state index in [2.05, 4.69) is 27.9 Å². The van der Waals surface area contributed by atoms with Gasteiger partial charge in [0.1, 0.15) is 5.75 Å². The highest BCUT2D eigenvalue weighted by molar-refractivity contribution is 6.03. The van der Waals surface area contributed by atoms with Gasteiger partial charge in [-0.2, -0.15) is 0 Å². The molecule has 0 aliphatic rings. The maximum atomic E-state index is 12.2. The standard InChI is InChI=1S/C24H32N4O4/c1-4-5-18(3)32-21-12-10-20(11-13-21)27-23(28-24(31)25-15-14-22(29)30)26-16-19-8-6-17(2)7-9-19/h6-13,18H,4-5,14-16H2,1-3H3,(H,29,30)(H3,25,26,27,28,31)/t18-/m0/s1. The Balaban J connectivity index is 2.05. The first-order valence-electron chi connectivity index (χ1n) is 10.8. The van der Waals surface area contributed by atoms with Crippen LogP contribution in [-0.4, -0.2) is 35.7 Å². The molecule has 0 saturated carbocycles. The number of nitrogens with zero attached hydrogens (tertiary/aromatic N) is 1. The molecule has 32 heavy (non-hydrogen) atoms. The second-order valence-corrected chi connectivity index (χ2v) is 7.54. The molecule has 0 bridgehead atoms. The predicted molar refractivity (Wildman–Crippen MR) is 126 cm³/mol. The highest BCUT2D eigenvalue weighted by atomic mass is 16.5. The summed E-state index contributed by atoms with van der Waals surface area (Å²) in [6.45, 7) is 6.56. The number of hydrogen-bond donors (Lipinski definition) is 4. The Labute approximate surface area is 189 Å². The van der Waals surface area contributed by atoms with Gasteiger partial charge in [0.15, 0.2) is 0 Å². The van der Waals surface area contributed by atoms with Crippen LogP contribution >= 0.6 is 0 Å². The van der Waals surface area contributed by atoms with E-state index >= 15 is 0 Å². The van der Waals surface area contributed by atoms with Crippen molar-refractivity contribution in [2.45, 2.75) is 52.7 Å². The number of rotatable bonds is 10. The van der Waals surface area contributed by atoms with Gasteiger partial charge in [0.25, 0.3) is 0 Å². The topological polar surface area (TPSA) is 112 Å². The normalized spacial score (nSPS) is 12.0. The SMILES string of the molecule is CCC[C@H](C)Oc1ccc(NC(=NCc2ccc(C)cc2)NC(=O)NCCC(=O)O)cc1. The minimum Gasteiger partial charge on any atom is -0.491 e. The number of nitrogens with one attached hydrogen (secondary N) is 3. The highest BCUT2D eigenvalue weighted by Gasteiger charge is 2.08. The second-order valence-electron chi connectivity index (χ2n) is 7.54. The second kappa shape index (κ2) is 13.0. The number of benzene rings is 2. The molecule has 0 aliphatic carbocycles. The molecule has 2 rings (SSSR count). The summed E-state index contributed by atoms with van der Waals surface area (Å²) in [7, 11) is 0. The monoisotopic (exact) mass is 440 g/mol. The van der Waals surface area contributed by atoms with Gasteiger partial charge in [0.05, 0.1) is 19.1 Å². The maximum absolute atomic E-state index is 12.2. The molecule has 0 radical (unpaired) electrons. The first-order chi connectivity index (χ1) is 15.4. The molecule has 0 saturated heterocycles. The lowest BCUT2D eigenvalue weighted by Gasteiger charge is -2.15. The van der Waals surface area contributed by atoms with Gasteiger partial charge in [-0.25, -0.2) is 9.79 Å². The molecule has 172 valence electrons. The Morgan fingerprint density at radius 2 is 1.78 bits per heavy atom. The number of aryl methyl sites for hydroxylation is 1. The van der Waals surface area contributed by atoms with E-state index < -0.39 is 12.0 Å². The summed E-state index contributed by atoms with van der Waals surface area (Å²) in [5.74, 6) is 0.0488. The van der Waals surface area contributed by atoms with E-state index in [-0.39, 0.29) is 25.0 Å². The fourth-order valence-corrected chi connectivity index (χ4v) is 2.86. The van der Waals surface area contributed by atoms with Crippen molar-refractivity contribution in [3.05, 3.63) is 59.7 Å². The third-order valence-electron chi connectivity index (χ3n) is 4.55. The first kappa shape index (κ1) is 24.7. The van der Waals surface area contributed by atoms with Crippen molar-refractivity contribution in [2.24, 2.45) is 4.99 Å². The van der Waals surface area contributed by atoms with Crippen molar-refractivity contribution < 1.29 is 19.4 Å². The Hall–Kier alpha value is -3.55. The zero-order valence-electron chi connectivity index (χ0n) is 18.9. The Kier molecular flexibility index (Phi) is 10.0. The van der Waals surface area contributed by atoms with Crippen LogP contribution < -0.4 is 20.7 Å². The van der Waals surface area contributed by atoms with Gasteiger partial charge in [0.2, 0.25) is 5.96 Å². The average molecular weight is 441 g/mol. The summed E-state index contributed by atoms with van der Waals surface area (Å²) in [6, 6.07) is 14.8. The smallest absolute Gasteiger partial charge is 0.321 e. The minimum atomic E-state index is -0.979. The molecule has 0 fully saturated rings. The summed E-state index contributed by atoms with van der Waals surface area (Å²) in [5, 5.41) is 17.0. The number of aliphatic carboxylic acids is 1. The van der Waals surface area contributed by atoms with E-state index in [9.17, 15) is 9.59 Å². The van der Waals surface area contributed by atoms with Crippen LogP contribution in [0, 0.1) is 6.92 Å². The van der Waals surface area contributed by atoms with Gasteiger partial charge in [-0.3, -0.25) is 10.1 Å². The lowest BCUT2D eigenvalue weighted by atomic mass is 10.1. The van der Waals surface area contributed by atoms with Crippen LogP contribution in [0.1, 0.15) is 44.2 Å². The quantitative estimate of drug-likeness (QED) is 0.325. The van der Waals surface area contributed by atoms with Gasteiger partial charge in [0, 0.05) is 12.2 Å². The third kappa shape index (κ3) is 9.51. The maximum Gasteiger partial charge on any atom is 0.321 e. The van der Waals surface area contributed by atoms with Crippen LogP contribution in [0.25, 0.3) is 0 Å². The molecule has 2 aromatic rings. The fraction of sp³-hybridized carbons (Fsp3) is 0.375. The largest absolute Gasteiger partial charge is 0.491 e. The zero-order chi connectivity index (χ0) is 23.3. The molecular formula is C24H32N4O4. The molecule has 0 heterocycles. The number of amides is 2. The van der Waals surface area contributed by atoms with E-state index in [1.165, 1.54) is 0 Å². The number of hydrogen-bond acceptors (Lipinski definition) is 4. The average Bonchev–Trinajstić information content (AvgIpc) is 2.74. The van der Waals surface area contributed by atoms with Crippen molar-refractivity contribution in [2.75, 3.05) is 11.9 Å². The van der Waals surface area contributed by atoms with Crippen LogP contribution in [0.4, 0.5) is 10.5 Å². The van der Waals surface area contributed by atoms with Gasteiger partial charge in [-0.15, -0.1) is 0 Å². The van der Waals surface area contributed by atoms with Crippen LogP contribution in [0.5, 0.6) is 5.75 Å². The van der Waals surface area contributed by atoms with Crippen molar-refractivity contribution in [3.8, 4) is 5.75 Å². The van der Waals surface area contributed by atoms with Gasteiger partial charge < -0.3 is 20.5 Å². The van der Waals surface area contributed by atoms with E-state index in [1.807, 2.05) is 62.4 Å². The molecule has 1 atom stereocenters. The highest BCUT2D eigenvalue weighted by Crippen LogP contribution is 2.18. The predicted octanol–water partition coefficient (Wildman–Crippen LogP) is 4.30. The molecular weight excluding hydrogens is 408 g/mol. The van der Waals surface area contributed by atoms with Gasteiger partial charge in [-0.05, 0) is 50.1 Å². The number of aliphatic imine (C=N–C) groups is 1. The zero-order valence-corrected chi connectivity index (χ0v) is 18.9. The summed E-state index contributed by atoms with van der Waals surface area (Å²) >= 11 is 0. The molecule has 0 unspecified atom stereocenters. The van der Waals surface area contributed by atoms with Crippen molar-refractivity contribution in [1.29, 1.82) is 0 Å². The lowest BCUT2D eigenvalue weighted by Crippen LogP contribution is -2.43. The number of carbonyl (C=O) groups is 2. The molecule has 8 nitrogen and oxygen atoms in total. The molecule has 2 amide bonds. The van der Waals surface area contributed by atoms with Gasteiger partial charge >= 0.3 is 12.0 Å². The Morgan fingerprint density at radius 1 is 1.09 bits per heavy atom. The number of anilines is 1. The fourth-order valence-electron chi connectivity index (χ4n) is 2.86. The van der Waals surface area contributed by atoms with E-state index in [4.69, 9.17) is 9.84 Å². The molecule has 0 spiro atoms. The number of ether oxygens (including phenoxy) is 1. The van der Waals surface area contributed by atoms with E-state index in [0.29, 0.717) is 6.54 Å². The van der Waals surface area contributed by atoms with Crippen LogP contribution in [0.15, 0.2) is 53.5 Å². The lowest BCUT2D eigenvalue weighted by molar-refractivity contribution is -0.136. The van der Waals surface area contributed by atoms with Crippen LogP contribution in [-0.2, 0) is 11.3 Å². The summed E-state index contributed by atoms with van der Waals surface area (Å²) in [4.78, 5) is 27.3. The molecule has 8 heteroatoms. The summed E-state index contributed by atoms with van der Waals surface area (Å²) < 4.78 is 5.87. The van der Waals surface area contributed by atoms with Crippen LogP contribution in [0.3, 0.4) is 0 Å². The molecule has 2 aromatic carbocycles. The molecule has 0 aromatic heterocycles. The first-order valence-corrected chi connectivity index (χ1v) is 10.8. The van der Waals surface area contributed by atoms with Crippen LogP contribution in [0.2, 0.25) is 0 Å². The van der Waals surface area contributed by atoms with E-state index in [1.54, 1.807) is 0 Å². The summed E-state index contributed by atoms with van der Waals surface area (Å²) in [6.07, 6.45) is 2.02.